The monoisotopic (exact) mass is 268 g/mol. The Bertz CT molecular complexity index is 546. The maximum Gasteiger partial charge on any atom is 0.119 e. The summed E-state index contributed by atoms with van der Waals surface area (Å²) in [6, 6.07) is 18.2. The van der Waals surface area contributed by atoms with E-state index in [0.717, 1.165) is 11.3 Å². The number of rotatable bonds is 6. The van der Waals surface area contributed by atoms with Gasteiger partial charge in [0.05, 0.1) is 7.11 Å². The molecule has 0 aliphatic carbocycles. The van der Waals surface area contributed by atoms with Crippen LogP contribution in [0.3, 0.4) is 0 Å². The molecule has 20 heavy (non-hydrogen) atoms. The average molecular weight is 268 g/mol. The van der Waals surface area contributed by atoms with Crippen LogP contribution < -0.4 is 4.74 Å². The van der Waals surface area contributed by atoms with E-state index in [2.05, 4.69) is 30.4 Å². The lowest BCUT2D eigenvalue weighted by Crippen LogP contribution is -1.99. The standard InChI is InChI=1S/C18H20O2/c1-20-18-9-5-8-17(14-18)16(12-13-19)11-10-15-6-3-2-4-7-15/h2-11,14,16,19H,12-13H2,1H3. The van der Waals surface area contributed by atoms with E-state index in [4.69, 9.17) is 4.74 Å². The van der Waals surface area contributed by atoms with Gasteiger partial charge in [0, 0.05) is 12.5 Å². The van der Waals surface area contributed by atoms with Crippen LogP contribution in [0.25, 0.3) is 6.08 Å². The van der Waals surface area contributed by atoms with Crippen molar-refractivity contribution in [2.45, 2.75) is 12.3 Å². The number of hydrogen-bond acceptors (Lipinski definition) is 2. The van der Waals surface area contributed by atoms with Crippen molar-refractivity contribution in [3.63, 3.8) is 0 Å². The van der Waals surface area contributed by atoms with E-state index in [1.807, 2.05) is 36.4 Å². The van der Waals surface area contributed by atoms with Gasteiger partial charge < -0.3 is 9.84 Å². The number of allylic oxidation sites excluding steroid dienone is 1. The molecule has 0 fully saturated rings. The van der Waals surface area contributed by atoms with Gasteiger partial charge in [-0.3, -0.25) is 0 Å². The molecule has 2 aromatic carbocycles. The Morgan fingerprint density at radius 1 is 1.10 bits per heavy atom. The molecule has 2 nitrogen and oxygen atoms in total. The topological polar surface area (TPSA) is 29.5 Å². The molecule has 1 N–H and O–H groups in total. The number of ether oxygens (including phenoxy) is 1. The third-order valence-electron chi connectivity index (χ3n) is 3.28. The zero-order valence-electron chi connectivity index (χ0n) is 11.7. The summed E-state index contributed by atoms with van der Waals surface area (Å²) in [7, 11) is 1.67. The molecule has 0 bridgehead atoms. The van der Waals surface area contributed by atoms with Crippen LogP contribution >= 0.6 is 0 Å². The van der Waals surface area contributed by atoms with E-state index in [-0.39, 0.29) is 12.5 Å². The summed E-state index contributed by atoms with van der Waals surface area (Å²) in [4.78, 5) is 0. The van der Waals surface area contributed by atoms with Gasteiger partial charge in [0.25, 0.3) is 0 Å². The van der Waals surface area contributed by atoms with Crippen LogP contribution in [0.4, 0.5) is 0 Å². The van der Waals surface area contributed by atoms with Gasteiger partial charge in [0.15, 0.2) is 0 Å². The summed E-state index contributed by atoms with van der Waals surface area (Å²) < 4.78 is 5.26. The fourth-order valence-electron chi connectivity index (χ4n) is 2.18. The van der Waals surface area contributed by atoms with Crippen molar-refractivity contribution in [1.29, 1.82) is 0 Å². The minimum absolute atomic E-state index is 0.168. The van der Waals surface area contributed by atoms with Crippen molar-refractivity contribution in [2.75, 3.05) is 13.7 Å². The molecule has 0 aliphatic rings. The second-order valence-electron chi connectivity index (χ2n) is 4.67. The fourth-order valence-corrected chi connectivity index (χ4v) is 2.18. The predicted octanol–water partition coefficient (Wildman–Crippen LogP) is 3.87. The summed E-state index contributed by atoms with van der Waals surface area (Å²) in [6.45, 7) is 0.168. The molecule has 0 heterocycles. The SMILES string of the molecule is COc1cccc(C(C=Cc2ccccc2)CCO)c1. The Labute approximate surface area is 120 Å². The normalized spacial score (nSPS) is 12.5. The predicted molar refractivity (Wildman–Crippen MR) is 82.9 cm³/mol. The molecular weight excluding hydrogens is 248 g/mol. The number of aliphatic hydroxyl groups excluding tert-OH is 1. The van der Waals surface area contributed by atoms with E-state index < -0.39 is 0 Å². The smallest absolute Gasteiger partial charge is 0.119 e. The summed E-state index contributed by atoms with van der Waals surface area (Å²) in [6.07, 6.45) is 4.94. The van der Waals surface area contributed by atoms with Crippen LogP contribution in [0.2, 0.25) is 0 Å². The molecule has 1 atom stereocenters. The average Bonchev–Trinajstić information content (AvgIpc) is 2.52. The summed E-state index contributed by atoms with van der Waals surface area (Å²) in [5, 5.41) is 9.26. The summed E-state index contributed by atoms with van der Waals surface area (Å²) in [5.74, 6) is 1.04. The molecule has 0 amide bonds. The van der Waals surface area contributed by atoms with Crippen molar-refractivity contribution < 1.29 is 9.84 Å². The molecule has 2 aromatic rings. The Morgan fingerprint density at radius 3 is 2.60 bits per heavy atom. The minimum Gasteiger partial charge on any atom is -0.497 e. The maximum atomic E-state index is 9.26. The van der Waals surface area contributed by atoms with Crippen LogP contribution in [0.1, 0.15) is 23.5 Å². The van der Waals surface area contributed by atoms with E-state index in [0.29, 0.717) is 6.42 Å². The Balaban J connectivity index is 2.20. The van der Waals surface area contributed by atoms with Crippen LogP contribution in [-0.2, 0) is 0 Å². The van der Waals surface area contributed by atoms with Gasteiger partial charge in [-0.2, -0.15) is 0 Å². The molecule has 0 radical (unpaired) electrons. The van der Waals surface area contributed by atoms with Crippen LogP contribution in [0.15, 0.2) is 60.7 Å². The molecule has 2 heteroatoms. The van der Waals surface area contributed by atoms with Crippen molar-refractivity contribution in [2.24, 2.45) is 0 Å². The second kappa shape index (κ2) is 7.51. The van der Waals surface area contributed by atoms with Crippen molar-refractivity contribution in [3.05, 3.63) is 71.8 Å². The molecule has 0 saturated carbocycles. The quantitative estimate of drug-likeness (QED) is 0.861. The highest BCUT2D eigenvalue weighted by atomic mass is 16.5. The third kappa shape index (κ3) is 3.97. The maximum absolute atomic E-state index is 9.26. The van der Waals surface area contributed by atoms with Gasteiger partial charge in [-0.15, -0.1) is 0 Å². The van der Waals surface area contributed by atoms with Gasteiger partial charge in [-0.05, 0) is 29.7 Å². The van der Waals surface area contributed by atoms with Crippen molar-refractivity contribution >= 4 is 6.08 Å². The van der Waals surface area contributed by atoms with Crippen molar-refractivity contribution in [1.82, 2.24) is 0 Å². The van der Waals surface area contributed by atoms with Crippen LogP contribution in [-0.4, -0.2) is 18.8 Å². The highest BCUT2D eigenvalue weighted by Gasteiger charge is 2.08. The van der Waals surface area contributed by atoms with Gasteiger partial charge >= 0.3 is 0 Å². The molecule has 2 rings (SSSR count). The van der Waals surface area contributed by atoms with Gasteiger partial charge in [0.2, 0.25) is 0 Å². The molecular formula is C18H20O2. The first kappa shape index (κ1) is 14.4. The number of methoxy groups -OCH3 is 1. The summed E-state index contributed by atoms with van der Waals surface area (Å²) in [5.41, 5.74) is 2.32. The highest BCUT2D eigenvalue weighted by molar-refractivity contribution is 5.50. The van der Waals surface area contributed by atoms with Gasteiger partial charge in [-0.25, -0.2) is 0 Å². The molecule has 0 aliphatic heterocycles. The van der Waals surface area contributed by atoms with E-state index in [1.54, 1.807) is 7.11 Å². The zero-order chi connectivity index (χ0) is 14.2. The van der Waals surface area contributed by atoms with Crippen LogP contribution in [0.5, 0.6) is 5.75 Å². The molecule has 104 valence electrons. The third-order valence-corrected chi connectivity index (χ3v) is 3.28. The van der Waals surface area contributed by atoms with Gasteiger partial charge in [0.1, 0.15) is 5.75 Å². The molecule has 0 spiro atoms. The Hall–Kier alpha value is -2.06. The van der Waals surface area contributed by atoms with Crippen molar-refractivity contribution in [3.8, 4) is 5.75 Å². The highest BCUT2D eigenvalue weighted by Crippen LogP contribution is 2.25. The lowest BCUT2D eigenvalue weighted by molar-refractivity contribution is 0.282. The Morgan fingerprint density at radius 2 is 1.90 bits per heavy atom. The number of hydrogen-bond donors (Lipinski definition) is 1. The van der Waals surface area contributed by atoms with E-state index in [1.165, 1.54) is 5.56 Å². The summed E-state index contributed by atoms with van der Waals surface area (Å²) >= 11 is 0. The zero-order valence-corrected chi connectivity index (χ0v) is 11.7. The molecule has 0 saturated heterocycles. The fraction of sp³-hybridized carbons (Fsp3) is 0.222. The number of benzene rings is 2. The Kier molecular flexibility index (Phi) is 5.39. The number of aliphatic hydroxyl groups is 1. The molecule has 0 aromatic heterocycles. The molecule has 1 unspecified atom stereocenters. The largest absolute Gasteiger partial charge is 0.497 e. The first-order valence-corrected chi connectivity index (χ1v) is 6.81. The first-order chi connectivity index (χ1) is 9.83. The van der Waals surface area contributed by atoms with Gasteiger partial charge in [-0.1, -0.05) is 54.6 Å². The minimum atomic E-state index is 0.168. The van der Waals surface area contributed by atoms with E-state index in [9.17, 15) is 5.11 Å². The van der Waals surface area contributed by atoms with Crippen LogP contribution in [0, 0.1) is 0 Å². The lowest BCUT2D eigenvalue weighted by Gasteiger charge is -2.13. The van der Waals surface area contributed by atoms with E-state index >= 15 is 0 Å². The lowest BCUT2D eigenvalue weighted by atomic mass is 9.94. The second-order valence-corrected chi connectivity index (χ2v) is 4.67. The first-order valence-electron chi connectivity index (χ1n) is 6.81.